The van der Waals surface area contributed by atoms with Crippen LogP contribution in [-0.4, -0.2) is 10.7 Å². The van der Waals surface area contributed by atoms with Crippen LogP contribution >= 0.6 is 15.9 Å². The monoisotopic (exact) mass is 280 g/mol. The van der Waals surface area contributed by atoms with Gasteiger partial charge in [0.05, 0.1) is 0 Å². The van der Waals surface area contributed by atoms with E-state index in [-0.39, 0.29) is 12.3 Å². The van der Waals surface area contributed by atoms with Crippen molar-refractivity contribution in [1.29, 1.82) is 0 Å². The Labute approximate surface area is 98.9 Å². The summed E-state index contributed by atoms with van der Waals surface area (Å²) in [5.74, 6) is -1.61. The number of rotatable bonds is 2. The zero-order chi connectivity index (χ0) is 11.1. The lowest BCUT2D eigenvalue weighted by Crippen LogP contribution is -2.25. The number of halogens is 3. The lowest BCUT2D eigenvalue weighted by atomic mass is 9.86. The number of hydrogen-bond donors (Lipinski definition) is 0. The Balaban J connectivity index is 1.92. The molecule has 15 heavy (non-hydrogen) atoms. The first kappa shape index (κ1) is 11.8. The molecule has 88 valence electrons. The van der Waals surface area contributed by atoms with E-state index < -0.39 is 5.92 Å². The normalized spacial score (nSPS) is 44.8. The lowest BCUT2D eigenvalue weighted by Gasteiger charge is -2.25. The predicted molar refractivity (Wildman–Crippen MR) is 61.5 cm³/mol. The Kier molecular flexibility index (Phi) is 3.39. The SMILES string of the molecule is CC1C(Br)CCC1CC1CCCC1(F)F. The summed E-state index contributed by atoms with van der Waals surface area (Å²) in [5.41, 5.74) is 0. The zero-order valence-corrected chi connectivity index (χ0v) is 10.8. The smallest absolute Gasteiger partial charge is 0.207 e. The molecule has 0 aromatic carbocycles. The minimum atomic E-state index is -2.37. The van der Waals surface area contributed by atoms with Gasteiger partial charge >= 0.3 is 0 Å². The lowest BCUT2D eigenvalue weighted by molar-refractivity contribution is -0.0457. The Bertz CT molecular complexity index is 230. The van der Waals surface area contributed by atoms with E-state index in [0.717, 1.165) is 32.1 Å². The van der Waals surface area contributed by atoms with Gasteiger partial charge in [-0.1, -0.05) is 22.9 Å². The van der Waals surface area contributed by atoms with Crippen LogP contribution in [0.2, 0.25) is 0 Å². The third-order valence-electron chi connectivity index (χ3n) is 4.37. The van der Waals surface area contributed by atoms with Crippen LogP contribution in [0.25, 0.3) is 0 Å². The van der Waals surface area contributed by atoms with Crippen molar-refractivity contribution in [2.45, 2.75) is 56.2 Å². The molecule has 2 saturated carbocycles. The fourth-order valence-corrected chi connectivity index (χ4v) is 3.88. The molecule has 0 bridgehead atoms. The van der Waals surface area contributed by atoms with Gasteiger partial charge in [0.25, 0.3) is 5.92 Å². The number of hydrogen-bond acceptors (Lipinski definition) is 0. The van der Waals surface area contributed by atoms with E-state index in [0.29, 0.717) is 16.7 Å². The molecule has 0 radical (unpaired) electrons. The van der Waals surface area contributed by atoms with Gasteiger partial charge in [0, 0.05) is 17.2 Å². The van der Waals surface area contributed by atoms with Crippen molar-refractivity contribution in [2.75, 3.05) is 0 Å². The molecule has 0 aliphatic heterocycles. The van der Waals surface area contributed by atoms with Crippen LogP contribution in [0.1, 0.15) is 45.4 Å². The largest absolute Gasteiger partial charge is 0.250 e. The molecule has 3 heteroatoms. The van der Waals surface area contributed by atoms with Gasteiger partial charge in [0.15, 0.2) is 0 Å². The Morgan fingerprint density at radius 2 is 2.00 bits per heavy atom. The first-order valence-corrected chi connectivity index (χ1v) is 6.94. The molecular weight excluding hydrogens is 262 g/mol. The summed E-state index contributed by atoms with van der Waals surface area (Å²) in [7, 11) is 0. The van der Waals surface area contributed by atoms with Crippen LogP contribution < -0.4 is 0 Å². The highest BCUT2D eigenvalue weighted by Crippen LogP contribution is 2.48. The molecule has 2 rings (SSSR count). The second-order valence-corrected chi connectivity index (χ2v) is 6.47. The van der Waals surface area contributed by atoms with Crippen molar-refractivity contribution < 1.29 is 8.78 Å². The average Bonchev–Trinajstić information content (AvgIpc) is 2.64. The molecule has 0 nitrogen and oxygen atoms in total. The third-order valence-corrected chi connectivity index (χ3v) is 5.67. The van der Waals surface area contributed by atoms with E-state index >= 15 is 0 Å². The highest BCUT2D eigenvalue weighted by Gasteiger charge is 2.46. The fourth-order valence-electron chi connectivity index (χ4n) is 3.18. The second-order valence-electron chi connectivity index (χ2n) is 5.30. The van der Waals surface area contributed by atoms with Gasteiger partial charge in [-0.25, -0.2) is 8.78 Å². The Morgan fingerprint density at radius 3 is 2.47 bits per heavy atom. The molecule has 0 N–H and O–H groups in total. The average molecular weight is 281 g/mol. The number of alkyl halides is 3. The minimum Gasteiger partial charge on any atom is -0.207 e. The maximum absolute atomic E-state index is 13.5. The first-order chi connectivity index (χ1) is 7.00. The summed E-state index contributed by atoms with van der Waals surface area (Å²) in [6.07, 6.45) is 4.61. The van der Waals surface area contributed by atoms with E-state index in [2.05, 4.69) is 22.9 Å². The topological polar surface area (TPSA) is 0 Å². The Morgan fingerprint density at radius 1 is 1.27 bits per heavy atom. The molecule has 2 fully saturated rings. The highest BCUT2D eigenvalue weighted by molar-refractivity contribution is 9.09. The zero-order valence-electron chi connectivity index (χ0n) is 9.19. The third kappa shape index (κ3) is 2.37. The highest BCUT2D eigenvalue weighted by atomic mass is 79.9. The van der Waals surface area contributed by atoms with Crippen molar-refractivity contribution >= 4 is 15.9 Å². The van der Waals surface area contributed by atoms with Gasteiger partial charge in [-0.15, -0.1) is 0 Å². The van der Waals surface area contributed by atoms with Crippen molar-refractivity contribution in [2.24, 2.45) is 17.8 Å². The summed E-state index contributed by atoms with van der Waals surface area (Å²) >= 11 is 3.63. The van der Waals surface area contributed by atoms with E-state index in [4.69, 9.17) is 0 Å². The molecule has 2 aliphatic rings. The minimum absolute atomic E-state index is 0.122. The maximum Gasteiger partial charge on any atom is 0.250 e. The van der Waals surface area contributed by atoms with Crippen molar-refractivity contribution in [3.63, 3.8) is 0 Å². The maximum atomic E-state index is 13.5. The molecule has 0 heterocycles. The van der Waals surface area contributed by atoms with Crippen molar-refractivity contribution in [1.82, 2.24) is 0 Å². The molecule has 0 aromatic heterocycles. The fraction of sp³-hybridized carbons (Fsp3) is 1.00. The summed E-state index contributed by atoms with van der Waals surface area (Å²) in [4.78, 5) is 0.553. The van der Waals surface area contributed by atoms with Crippen LogP contribution in [0.15, 0.2) is 0 Å². The van der Waals surface area contributed by atoms with Crippen LogP contribution in [0.3, 0.4) is 0 Å². The van der Waals surface area contributed by atoms with E-state index in [9.17, 15) is 8.78 Å². The molecule has 2 aliphatic carbocycles. The predicted octanol–water partition coefficient (Wildman–Crippen LogP) is 4.62. The van der Waals surface area contributed by atoms with E-state index in [1.54, 1.807) is 0 Å². The quantitative estimate of drug-likeness (QED) is 0.648. The van der Waals surface area contributed by atoms with Gasteiger partial charge < -0.3 is 0 Å². The molecule has 0 saturated heterocycles. The van der Waals surface area contributed by atoms with Crippen LogP contribution in [0.5, 0.6) is 0 Å². The van der Waals surface area contributed by atoms with Crippen molar-refractivity contribution in [3.05, 3.63) is 0 Å². The molecule has 0 amide bonds. The van der Waals surface area contributed by atoms with Gasteiger partial charge in [-0.05, 0) is 43.9 Å². The molecule has 0 spiro atoms. The van der Waals surface area contributed by atoms with E-state index in [1.165, 1.54) is 0 Å². The van der Waals surface area contributed by atoms with Crippen molar-refractivity contribution in [3.8, 4) is 0 Å². The van der Waals surface area contributed by atoms with Crippen LogP contribution in [0.4, 0.5) is 8.78 Å². The summed E-state index contributed by atoms with van der Waals surface area (Å²) in [6, 6.07) is 0. The van der Waals surface area contributed by atoms with E-state index in [1.807, 2.05) is 0 Å². The van der Waals surface area contributed by atoms with Crippen LogP contribution in [0, 0.1) is 17.8 Å². The molecule has 4 unspecified atom stereocenters. The summed E-state index contributed by atoms with van der Waals surface area (Å²) in [6.45, 7) is 2.20. The molecule has 0 aromatic rings. The van der Waals surface area contributed by atoms with Gasteiger partial charge in [0.1, 0.15) is 0 Å². The molecule has 4 atom stereocenters. The second kappa shape index (κ2) is 4.31. The standard InChI is InChI=1S/C12H19BrF2/c1-8-9(4-5-11(8)13)7-10-3-2-6-12(10,14)15/h8-11H,2-7H2,1H3. The molecular formula is C12H19BrF2. The van der Waals surface area contributed by atoms with Gasteiger partial charge in [0.2, 0.25) is 0 Å². The summed E-state index contributed by atoms with van der Waals surface area (Å²) in [5, 5.41) is 0. The Hall–Kier alpha value is 0.340. The van der Waals surface area contributed by atoms with Gasteiger partial charge in [-0.2, -0.15) is 0 Å². The first-order valence-electron chi connectivity index (χ1n) is 6.02. The van der Waals surface area contributed by atoms with Gasteiger partial charge in [-0.3, -0.25) is 0 Å². The van der Waals surface area contributed by atoms with Crippen LogP contribution in [-0.2, 0) is 0 Å². The summed E-state index contributed by atoms with van der Waals surface area (Å²) < 4.78 is 26.9.